The molecule has 0 aliphatic rings. The third kappa shape index (κ3) is 2.66. The molecule has 0 spiro atoms. The second kappa shape index (κ2) is 6.04. The number of allylic oxidation sites excluding steroid dienone is 2. The minimum absolute atomic E-state index is 0.390. The lowest BCUT2D eigenvalue weighted by Crippen LogP contribution is -2.34. The molecule has 21 heavy (non-hydrogen) atoms. The summed E-state index contributed by atoms with van der Waals surface area (Å²) < 4.78 is 2.14. The van der Waals surface area contributed by atoms with E-state index in [4.69, 9.17) is 0 Å². The molecule has 0 amide bonds. The van der Waals surface area contributed by atoms with Crippen molar-refractivity contribution in [3.05, 3.63) is 53.6 Å². The van der Waals surface area contributed by atoms with Gasteiger partial charge in [-0.05, 0) is 26.8 Å². The van der Waals surface area contributed by atoms with Gasteiger partial charge in [0.1, 0.15) is 5.82 Å². The van der Waals surface area contributed by atoms with Gasteiger partial charge in [0.15, 0.2) is 0 Å². The molecule has 1 aromatic carbocycles. The molecule has 0 fully saturated rings. The Morgan fingerprint density at radius 2 is 1.95 bits per heavy atom. The summed E-state index contributed by atoms with van der Waals surface area (Å²) in [7, 11) is 2.07. The van der Waals surface area contributed by atoms with E-state index in [-0.39, 0.29) is 0 Å². The molecule has 0 unspecified atom stereocenters. The van der Waals surface area contributed by atoms with Gasteiger partial charge in [-0.25, -0.2) is 0 Å². The van der Waals surface area contributed by atoms with E-state index in [0.717, 1.165) is 21.9 Å². The second-order valence-electron chi connectivity index (χ2n) is 5.53. The quantitative estimate of drug-likeness (QED) is 0.835. The van der Waals surface area contributed by atoms with Crippen molar-refractivity contribution >= 4 is 29.4 Å². The Morgan fingerprint density at radius 1 is 1.29 bits per heavy atom. The third-order valence-electron chi connectivity index (χ3n) is 3.91. The zero-order chi connectivity index (χ0) is 15.6. The lowest BCUT2D eigenvalue weighted by Gasteiger charge is -2.27. The highest BCUT2D eigenvalue weighted by molar-refractivity contribution is 5.85. The topological polar surface area (TPSA) is 8.17 Å². The summed E-state index contributed by atoms with van der Waals surface area (Å²) in [5, 5.41) is 3.34. The average Bonchev–Trinajstić information content (AvgIpc) is 2.75. The highest BCUT2D eigenvalue weighted by Gasteiger charge is 2.13. The van der Waals surface area contributed by atoms with E-state index in [1.807, 2.05) is 13.0 Å². The number of nitrogens with zero attached hydrogens (tertiary/aromatic N) is 2. The minimum atomic E-state index is 0.390. The molecule has 2 aromatic rings. The molecule has 0 saturated heterocycles. The fourth-order valence-electron chi connectivity index (χ4n) is 2.45. The van der Waals surface area contributed by atoms with Gasteiger partial charge in [-0.15, -0.1) is 0 Å². The van der Waals surface area contributed by atoms with Crippen LogP contribution in [0, 0.1) is 0 Å². The molecular formula is C19H24N2. The molecule has 0 aliphatic heterocycles. The van der Waals surface area contributed by atoms with Crippen molar-refractivity contribution in [2.45, 2.75) is 26.8 Å². The molecular weight excluding hydrogens is 256 g/mol. The van der Waals surface area contributed by atoms with Crippen LogP contribution in [0.25, 0.3) is 29.4 Å². The van der Waals surface area contributed by atoms with Gasteiger partial charge in [-0.2, -0.15) is 0 Å². The van der Waals surface area contributed by atoms with Crippen molar-refractivity contribution < 1.29 is 0 Å². The largest absolute Gasteiger partial charge is 0.359 e. The summed E-state index contributed by atoms with van der Waals surface area (Å²) in [6.07, 6.45) is 6.19. The summed E-state index contributed by atoms with van der Waals surface area (Å²) in [4.78, 5) is 2.17. The smallest absolute Gasteiger partial charge is 0.106 e. The second-order valence-corrected chi connectivity index (χ2v) is 5.53. The van der Waals surface area contributed by atoms with E-state index in [1.165, 1.54) is 5.39 Å². The van der Waals surface area contributed by atoms with Gasteiger partial charge in [-0.1, -0.05) is 49.6 Å². The van der Waals surface area contributed by atoms with E-state index in [0.29, 0.717) is 6.04 Å². The third-order valence-corrected chi connectivity index (χ3v) is 3.91. The fourth-order valence-corrected chi connectivity index (χ4v) is 2.45. The molecule has 110 valence electrons. The van der Waals surface area contributed by atoms with Gasteiger partial charge < -0.3 is 4.90 Å². The Morgan fingerprint density at radius 3 is 2.57 bits per heavy atom. The van der Waals surface area contributed by atoms with Gasteiger partial charge in [0.25, 0.3) is 0 Å². The first-order valence-electron chi connectivity index (χ1n) is 7.32. The summed E-state index contributed by atoms with van der Waals surface area (Å²) in [5.74, 6) is 0.950. The summed E-state index contributed by atoms with van der Waals surface area (Å²) in [6, 6.07) is 8.77. The first kappa shape index (κ1) is 15.2. The highest BCUT2D eigenvalue weighted by atomic mass is 15.3. The lowest BCUT2D eigenvalue weighted by atomic mass is 10.2. The number of hydrogen-bond donors (Lipinski definition) is 0. The summed E-state index contributed by atoms with van der Waals surface area (Å²) in [6.45, 7) is 14.9. The molecule has 1 heterocycles. The first-order chi connectivity index (χ1) is 9.99. The number of aromatic nitrogens is 1. The zero-order valence-electron chi connectivity index (χ0n) is 13.4. The van der Waals surface area contributed by atoms with Crippen LogP contribution in [-0.4, -0.2) is 22.6 Å². The van der Waals surface area contributed by atoms with Gasteiger partial charge in [0, 0.05) is 29.0 Å². The van der Waals surface area contributed by atoms with E-state index >= 15 is 0 Å². The number of hydrogen-bond acceptors (Lipinski definition) is 1. The molecule has 0 aliphatic carbocycles. The molecule has 0 bridgehead atoms. The van der Waals surface area contributed by atoms with Crippen molar-refractivity contribution in [3.8, 4) is 0 Å². The fraction of sp³-hybridized carbons (Fsp3) is 0.263. The van der Waals surface area contributed by atoms with Crippen molar-refractivity contribution in [1.29, 1.82) is 0 Å². The van der Waals surface area contributed by atoms with Gasteiger partial charge in [-0.3, -0.25) is 4.57 Å². The molecule has 2 nitrogen and oxygen atoms in total. The highest BCUT2D eigenvalue weighted by Crippen LogP contribution is 2.15. The number of benzene rings is 1. The van der Waals surface area contributed by atoms with Gasteiger partial charge in [0.2, 0.25) is 0 Å². The molecule has 0 saturated carbocycles. The SMILES string of the molecule is C=C(N(C)C(C)C)n1c(=C)/c(=C\C=C/C)c2ccccc21. The van der Waals surface area contributed by atoms with Crippen molar-refractivity contribution in [2.75, 3.05) is 7.05 Å². The van der Waals surface area contributed by atoms with Crippen LogP contribution in [0.15, 0.2) is 43.0 Å². The Bertz CT molecular complexity index is 791. The summed E-state index contributed by atoms with van der Waals surface area (Å²) in [5.41, 5.74) is 1.15. The molecule has 0 N–H and O–H groups in total. The van der Waals surface area contributed by atoms with Crippen LogP contribution in [0.1, 0.15) is 20.8 Å². The Labute approximate surface area is 127 Å². The van der Waals surface area contributed by atoms with Gasteiger partial charge >= 0.3 is 0 Å². The molecule has 0 atom stereocenters. The normalized spacial score (nSPS) is 12.7. The van der Waals surface area contributed by atoms with Crippen LogP contribution < -0.4 is 10.6 Å². The van der Waals surface area contributed by atoms with Crippen LogP contribution >= 0.6 is 0 Å². The maximum Gasteiger partial charge on any atom is 0.106 e. The van der Waals surface area contributed by atoms with E-state index in [2.05, 4.69) is 79.9 Å². The number of para-hydroxylation sites is 1. The monoisotopic (exact) mass is 280 g/mol. The number of rotatable bonds is 4. The predicted octanol–water partition coefficient (Wildman–Crippen LogP) is 3.18. The minimum Gasteiger partial charge on any atom is -0.359 e. The Balaban J connectivity index is 2.79. The van der Waals surface area contributed by atoms with E-state index < -0.39 is 0 Å². The number of fused-ring (bicyclic) bond motifs is 1. The van der Waals surface area contributed by atoms with Gasteiger partial charge in [0.05, 0.1) is 5.52 Å². The molecule has 2 rings (SSSR count). The van der Waals surface area contributed by atoms with E-state index in [1.54, 1.807) is 0 Å². The average molecular weight is 280 g/mol. The van der Waals surface area contributed by atoms with Crippen LogP contribution in [0.4, 0.5) is 0 Å². The van der Waals surface area contributed by atoms with E-state index in [9.17, 15) is 0 Å². The van der Waals surface area contributed by atoms with Crippen LogP contribution in [0.5, 0.6) is 0 Å². The lowest BCUT2D eigenvalue weighted by molar-refractivity contribution is 0.380. The van der Waals surface area contributed by atoms with Crippen molar-refractivity contribution in [1.82, 2.24) is 9.47 Å². The standard InChI is InChI=1S/C19H24N2/c1-7-8-11-17-15(4)21(16(5)20(6)14(2)3)19-13-10-9-12-18(17)19/h7-14H,4-5H2,1-3,6H3/b8-7-,17-11+. The van der Waals surface area contributed by atoms with Crippen LogP contribution in [-0.2, 0) is 0 Å². The van der Waals surface area contributed by atoms with Crippen molar-refractivity contribution in [3.63, 3.8) is 0 Å². The van der Waals surface area contributed by atoms with Crippen molar-refractivity contribution in [2.24, 2.45) is 0 Å². The maximum atomic E-state index is 4.28. The Hall–Kier alpha value is -2.22. The van der Waals surface area contributed by atoms with Crippen LogP contribution in [0.3, 0.4) is 0 Å². The Kier molecular flexibility index (Phi) is 4.37. The molecule has 2 heteroatoms. The van der Waals surface area contributed by atoms with Crippen LogP contribution in [0.2, 0.25) is 0 Å². The summed E-state index contributed by atoms with van der Waals surface area (Å²) >= 11 is 0. The first-order valence-corrected chi connectivity index (χ1v) is 7.32. The maximum absolute atomic E-state index is 4.28. The molecule has 1 aromatic heterocycles. The zero-order valence-corrected chi connectivity index (χ0v) is 13.4. The molecule has 0 radical (unpaired) electrons. The predicted molar refractivity (Wildman–Crippen MR) is 94.2 cm³/mol.